The van der Waals surface area contributed by atoms with E-state index in [4.69, 9.17) is 4.74 Å². The molecule has 0 saturated carbocycles. The van der Waals surface area contributed by atoms with Crippen LogP contribution in [0.5, 0.6) is 0 Å². The lowest BCUT2D eigenvalue weighted by atomic mass is 9.88. The van der Waals surface area contributed by atoms with E-state index in [9.17, 15) is 4.79 Å². The number of esters is 1. The van der Waals surface area contributed by atoms with Gasteiger partial charge in [0, 0.05) is 0 Å². The van der Waals surface area contributed by atoms with E-state index >= 15 is 0 Å². The number of rotatable bonds is 3. The number of benzene rings is 1. The summed E-state index contributed by atoms with van der Waals surface area (Å²) in [5.41, 5.74) is 8.22. The quantitative estimate of drug-likeness (QED) is 0.617. The van der Waals surface area contributed by atoms with Gasteiger partial charge in [-0.25, -0.2) is 0 Å². The second kappa shape index (κ2) is 5.40. The number of carbonyl (C=O) groups excluding carboxylic acids is 1. The van der Waals surface area contributed by atoms with Crippen molar-refractivity contribution in [1.82, 2.24) is 0 Å². The molecule has 2 nitrogen and oxygen atoms in total. The molecule has 0 fully saturated rings. The van der Waals surface area contributed by atoms with E-state index < -0.39 is 0 Å². The van der Waals surface area contributed by atoms with E-state index in [1.165, 1.54) is 45.7 Å². The van der Waals surface area contributed by atoms with Crippen LogP contribution in [0, 0.1) is 20.8 Å². The van der Waals surface area contributed by atoms with Crippen molar-refractivity contribution in [2.45, 2.75) is 46.4 Å². The van der Waals surface area contributed by atoms with Crippen molar-refractivity contribution in [3.63, 3.8) is 0 Å². The highest BCUT2D eigenvalue weighted by Crippen LogP contribution is 2.41. The summed E-state index contributed by atoms with van der Waals surface area (Å²) >= 11 is 0. The van der Waals surface area contributed by atoms with Crippen LogP contribution in [0.2, 0.25) is 0 Å². The molecular weight excluding hydrogens is 243 g/mol. The smallest absolute Gasteiger partial charge is 0.310 e. The van der Waals surface area contributed by atoms with Crippen molar-refractivity contribution in [2.75, 3.05) is 6.61 Å². The second-order valence-electron chi connectivity index (χ2n) is 4.90. The molecule has 1 unspecified atom stereocenters. The van der Waals surface area contributed by atoms with Gasteiger partial charge in [-0.3, -0.25) is 4.79 Å². The Balaban J connectivity index is 2.42. The van der Waals surface area contributed by atoms with Crippen LogP contribution in [-0.4, -0.2) is 12.6 Å². The van der Waals surface area contributed by atoms with Gasteiger partial charge in [0.15, 0.2) is 0 Å². The summed E-state index contributed by atoms with van der Waals surface area (Å²) in [4.78, 5) is 11.7. The lowest BCUT2D eigenvalue weighted by Gasteiger charge is -2.17. The molecule has 1 aromatic rings. The van der Waals surface area contributed by atoms with E-state index in [1.807, 2.05) is 6.92 Å². The molecule has 2 rings (SSSR count). The first-order chi connectivity index (χ1) is 8.56. The average molecular weight is 264 g/mol. The van der Waals surface area contributed by atoms with Crippen molar-refractivity contribution in [2.24, 2.45) is 0 Å². The summed E-state index contributed by atoms with van der Waals surface area (Å²) in [7, 11) is 1.01. The Morgan fingerprint density at radius 1 is 1.11 bits per heavy atom. The molecule has 98 valence electrons. The molecule has 1 aliphatic heterocycles. The molecule has 3 heteroatoms. The van der Waals surface area contributed by atoms with Crippen LogP contribution in [0.4, 0.5) is 0 Å². The maximum absolute atomic E-state index is 11.7. The normalized spacial score (nSPS) is 14.9. The van der Waals surface area contributed by atoms with Gasteiger partial charge in [-0.2, -0.15) is 0 Å². The van der Waals surface area contributed by atoms with E-state index in [1.54, 1.807) is 0 Å². The van der Waals surface area contributed by atoms with Crippen LogP contribution in [0.1, 0.15) is 40.3 Å². The van der Waals surface area contributed by atoms with E-state index in [0.29, 0.717) is 13.0 Å². The zero-order chi connectivity index (χ0) is 13.3. The highest BCUT2D eigenvalue weighted by atomic mass is 31.1. The first-order valence-electron chi connectivity index (χ1n) is 6.53. The van der Waals surface area contributed by atoms with Gasteiger partial charge in [0.25, 0.3) is 0 Å². The van der Waals surface area contributed by atoms with Gasteiger partial charge in [0.1, 0.15) is 0 Å². The van der Waals surface area contributed by atoms with Crippen LogP contribution in [0.25, 0.3) is 0 Å². The molecule has 1 aliphatic rings. The minimum absolute atomic E-state index is 0.108. The molecule has 1 heterocycles. The summed E-state index contributed by atoms with van der Waals surface area (Å²) in [6.07, 6.45) is 2.84. The highest BCUT2D eigenvalue weighted by molar-refractivity contribution is 7.36. The van der Waals surface area contributed by atoms with Crippen LogP contribution in [0.15, 0.2) is 0 Å². The number of hydrogen-bond acceptors (Lipinski definition) is 2. The predicted molar refractivity (Wildman–Crippen MR) is 76.7 cm³/mol. The van der Waals surface area contributed by atoms with Crippen LogP contribution < -0.4 is 0 Å². The van der Waals surface area contributed by atoms with Crippen molar-refractivity contribution >= 4 is 14.6 Å². The van der Waals surface area contributed by atoms with Gasteiger partial charge in [-0.1, -0.05) is 0 Å². The zero-order valence-electron chi connectivity index (χ0n) is 11.6. The fraction of sp³-hybridized carbons (Fsp3) is 0.533. The zero-order valence-corrected chi connectivity index (χ0v) is 12.6. The maximum Gasteiger partial charge on any atom is 0.310 e. The van der Waals surface area contributed by atoms with Gasteiger partial charge in [0.05, 0.1) is 13.0 Å². The molecule has 0 aromatic heterocycles. The molecule has 0 spiro atoms. The Hall–Kier alpha value is -0.880. The molecule has 0 radical (unpaired) electrons. The molecule has 0 bridgehead atoms. The second-order valence-corrected chi connectivity index (χ2v) is 6.10. The van der Waals surface area contributed by atoms with Crippen LogP contribution >= 0.6 is 8.58 Å². The summed E-state index contributed by atoms with van der Waals surface area (Å²) in [5.74, 6) is -0.108. The molecule has 0 aliphatic carbocycles. The topological polar surface area (TPSA) is 26.3 Å². The van der Waals surface area contributed by atoms with Gasteiger partial charge >= 0.3 is 5.97 Å². The fourth-order valence-electron chi connectivity index (χ4n) is 2.78. The molecule has 0 N–H and O–H groups in total. The summed E-state index contributed by atoms with van der Waals surface area (Å²) in [6.45, 7) is 8.81. The van der Waals surface area contributed by atoms with Crippen molar-refractivity contribution in [3.8, 4) is 0 Å². The van der Waals surface area contributed by atoms with Crippen molar-refractivity contribution in [3.05, 3.63) is 33.4 Å². The minimum atomic E-state index is -0.108. The summed E-state index contributed by atoms with van der Waals surface area (Å²) < 4.78 is 5.08. The Bertz CT molecular complexity index is 492. The molecule has 1 aromatic carbocycles. The van der Waals surface area contributed by atoms with Gasteiger partial charge < -0.3 is 4.74 Å². The Kier molecular flexibility index (Phi) is 4.07. The number of fused-ring (bicyclic) bond motifs is 1. The standard InChI is InChI=1S/C15H21O2P/c1-5-17-15(16)6-12-9(2)10(3)13-7-18-8-14(13)11(12)4/h18H,5-8H2,1-4H3. The van der Waals surface area contributed by atoms with Crippen LogP contribution in [0.3, 0.4) is 0 Å². The first-order valence-corrected chi connectivity index (χ1v) is 7.94. The Morgan fingerprint density at radius 3 is 2.33 bits per heavy atom. The summed E-state index contributed by atoms with van der Waals surface area (Å²) in [5, 5.41) is 0. The van der Waals surface area contributed by atoms with E-state index in [2.05, 4.69) is 20.8 Å². The lowest BCUT2D eigenvalue weighted by molar-refractivity contribution is -0.142. The molecule has 0 saturated heterocycles. The number of carbonyl (C=O) groups is 1. The monoisotopic (exact) mass is 264 g/mol. The first kappa shape index (κ1) is 13.5. The Labute approximate surface area is 111 Å². The lowest BCUT2D eigenvalue weighted by Crippen LogP contribution is -2.12. The molecule has 18 heavy (non-hydrogen) atoms. The van der Waals surface area contributed by atoms with Gasteiger partial charge in [-0.15, -0.1) is 8.58 Å². The van der Waals surface area contributed by atoms with Crippen LogP contribution in [-0.2, 0) is 28.3 Å². The van der Waals surface area contributed by atoms with Crippen molar-refractivity contribution < 1.29 is 9.53 Å². The van der Waals surface area contributed by atoms with E-state index in [-0.39, 0.29) is 5.97 Å². The number of ether oxygens (including phenoxy) is 1. The number of hydrogen-bond donors (Lipinski definition) is 0. The third kappa shape index (κ3) is 2.31. The van der Waals surface area contributed by atoms with E-state index in [0.717, 1.165) is 8.58 Å². The third-order valence-electron chi connectivity index (χ3n) is 3.97. The largest absolute Gasteiger partial charge is 0.466 e. The fourth-order valence-corrected chi connectivity index (χ4v) is 4.36. The third-order valence-corrected chi connectivity index (χ3v) is 5.17. The SMILES string of the molecule is CCOC(=O)Cc1c(C)c(C)c2c(c1C)CPC2. The minimum Gasteiger partial charge on any atom is -0.466 e. The average Bonchev–Trinajstić information content (AvgIpc) is 2.81. The van der Waals surface area contributed by atoms with Crippen molar-refractivity contribution in [1.29, 1.82) is 0 Å². The predicted octanol–water partition coefficient (Wildman–Crippen LogP) is 3.41. The summed E-state index contributed by atoms with van der Waals surface area (Å²) in [6, 6.07) is 0. The highest BCUT2D eigenvalue weighted by Gasteiger charge is 2.22. The molecule has 1 atom stereocenters. The van der Waals surface area contributed by atoms with Gasteiger partial charge in [0.2, 0.25) is 0 Å². The Morgan fingerprint density at radius 2 is 1.72 bits per heavy atom. The maximum atomic E-state index is 11.7. The molecular formula is C15H21O2P. The van der Waals surface area contributed by atoms with Gasteiger partial charge in [-0.05, 0) is 73.4 Å². The molecule has 0 amide bonds.